The van der Waals surface area contributed by atoms with Crippen molar-refractivity contribution >= 4 is 41.3 Å². The van der Waals surface area contributed by atoms with Crippen molar-refractivity contribution in [3.8, 4) is 0 Å². The molecule has 0 aromatic carbocycles. The Labute approximate surface area is 180 Å². The Balaban J connectivity index is 0.00000338. The van der Waals surface area contributed by atoms with Gasteiger partial charge in [-0.15, -0.1) is 35.3 Å². The predicted molar refractivity (Wildman–Crippen MR) is 124 cm³/mol. The summed E-state index contributed by atoms with van der Waals surface area (Å²) < 4.78 is 0. The van der Waals surface area contributed by atoms with Crippen LogP contribution in [0.4, 0.5) is 0 Å². The van der Waals surface area contributed by atoms with Gasteiger partial charge >= 0.3 is 0 Å². The fourth-order valence-electron chi connectivity index (χ4n) is 3.15. The molecule has 2 rings (SSSR count). The molecule has 2 N–H and O–H groups in total. The SMILES string of the molecule is CCNC(=NCc1nc(C(C)C)cs1)NCC(C)N1CCCC(C)C1.I. The average Bonchev–Trinajstić information content (AvgIpc) is 3.06. The number of thiazole rings is 1. The number of aliphatic imine (C=N–C) groups is 1. The van der Waals surface area contributed by atoms with Gasteiger partial charge in [0.25, 0.3) is 0 Å². The van der Waals surface area contributed by atoms with Gasteiger partial charge < -0.3 is 10.6 Å². The molecule has 1 saturated heterocycles. The number of piperidine rings is 1. The highest BCUT2D eigenvalue weighted by atomic mass is 127. The Hall–Kier alpha value is -0.410. The number of halogens is 1. The van der Waals surface area contributed by atoms with Crippen LogP contribution in [0.5, 0.6) is 0 Å². The first kappa shape index (κ1) is 23.6. The third kappa shape index (κ3) is 7.68. The number of nitrogens with one attached hydrogen (secondary N) is 2. The molecule has 1 aliphatic rings. The maximum absolute atomic E-state index is 4.71. The summed E-state index contributed by atoms with van der Waals surface area (Å²) in [4.78, 5) is 12.0. The summed E-state index contributed by atoms with van der Waals surface area (Å²) in [6, 6.07) is 0.527. The van der Waals surface area contributed by atoms with Crippen molar-refractivity contribution in [1.82, 2.24) is 20.5 Å². The van der Waals surface area contributed by atoms with E-state index < -0.39 is 0 Å². The maximum atomic E-state index is 4.71. The van der Waals surface area contributed by atoms with Crippen molar-refractivity contribution in [3.05, 3.63) is 16.1 Å². The van der Waals surface area contributed by atoms with Crippen LogP contribution in [0.25, 0.3) is 0 Å². The molecule has 7 heteroatoms. The molecule has 0 radical (unpaired) electrons. The van der Waals surface area contributed by atoms with E-state index in [2.05, 4.69) is 60.5 Å². The molecule has 0 amide bonds. The Morgan fingerprint density at radius 2 is 2.15 bits per heavy atom. The van der Waals surface area contributed by atoms with Crippen LogP contribution in [-0.2, 0) is 6.54 Å². The van der Waals surface area contributed by atoms with Gasteiger partial charge in [-0.1, -0.05) is 20.8 Å². The van der Waals surface area contributed by atoms with E-state index in [9.17, 15) is 0 Å². The van der Waals surface area contributed by atoms with Crippen molar-refractivity contribution < 1.29 is 0 Å². The van der Waals surface area contributed by atoms with Crippen LogP contribution in [0.2, 0.25) is 0 Å². The molecule has 1 aromatic heterocycles. The summed E-state index contributed by atoms with van der Waals surface area (Å²) in [6.07, 6.45) is 2.69. The Kier molecular flexibility index (Phi) is 11.0. The van der Waals surface area contributed by atoms with E-state index in [1.807, 2.05) is 0 Å². The predicted octanol–water partition coefficient (Wildman–Crippen LogP) is 4.06. The fourth-order valence-corrected chi connectivity index (χ4v) is 4.03. The molecule has 1 fully saturated rings. The van der Waals surface area contributed by atoms with Gasteiger partial charge in [0.2, 0.25) is 0 Å². The minimum absolute atomic E-state index is 0. The number of hydrogen-bond acceptors (Lipinski definition) is 4. The van der Waals surface area contributed by atoms with Crippen molar-refractivity contribution in [3.63, 3.8) is 0 Å². The summed E-state index contributed by atoms with van der Waals surface area (Å²) in [5.41, 5.74) is 1.17. The molecular formula is C19H36IN5S. The standard InChI is InChI=1S/C19H35N5S.HI/c1-6-20-19(22-11-18-23-17(13-25-18)14(2)3)21-10-16(5)24-9-7-8-15(4)12-24;/h13-16H,6-12H2,1-5H3,(H2,20,21,22);1H. The minimum atomic E-state index is 0. The van der Waals surface area contributed by atoms with E-state index in [4.69, 9.17) is 4.99 Å². The number of likely N-dealkylation sites (tertiary alicyclic amines) is 1. The summed E-state index contributed by atoms with van der Waals surface area (Å²) >= 11 is 1.70. The fraction of sp³-hybridized carbons (Fsp3) is 0.789. The summed E-state index contributed by atoms with van der Waals surface area (Å²) in [5, 5.41) is 10.1. The van der Waals surface area contributed by atoms with Gasteiger partial charge in [-0.25, -0.2) is 9.98 Å². The summed E-state index contributed by atoms with van der Waals surface area (Å²) in [5.74, 6) is 2.19. The van der Waals surface area contributed by atoms with E-state index in [-0.39, 0.29) is 24.0 Å². The van der Waals surface area contributed by atoms with Crippen molar-refractivity contribution in [2.45, 2.75) is 66.0 Å². The third-order valence-electron chi connectivity index (χ3n) is 4.75. The Bertz CT molecular complexity index is 546. The van der Waals surface area contributed by atoms with Gasteiger partial charge in [0.05, 0.1) is 12.2 Å². The third-order valence-corrected chi connectivity index (χ3v) is 5.61. The molecule has 1 aliphatic heterocycles. The molecule has 0 spiro atoms. The average molecular weight is 494 g/mol. The first-order valence-electron chi connectivity index (χ1n) is 9.70. The maximum Gasteiger partial charge on any atom is 0.191 e. The molecule has 0 bridgehead atoms. The zero-order chi connectivity index (χ0) is 18.2. The lowest BCUT2D eigenvalue weighted by Gasteiger charge is -2.35. The van der Waals surface area contributed by atoms with Crippen molar-refractivity contribution in [1.29, 1.82) is 0 Å². The van der Waals surface area contributed by atoms with Gasteiger partial charge in [0, 0.05) is 31.1 Å². The van der Waals surface area contributed by atoms with Gasteiger partial charge in [0.1, 0.15) is 5.01 Å². The van der Waals surface area contributed by atoms with Crippen molar-refractivity contribution in [2.75, 3.05) is 26.2 Å². The molecule has 150 valence electrons. The monoisotopic (exact) mass is 493 g/mol. The second-order valence-corrected chi connectivity index (χ2v) is 8.43. The highest BCUT2D eigenvalue weighted by Crippen LogP contribution is 2.18. The van der Waals surface area contributed by atoms with Crippen LogP contribution in [0, 0.1) is 5.92 Å². The quantitative estimate of drug-likeness (QED) is 0.342. The number of hydrogen-bond donors (Lipinski definition) is 2. The van der Waals surface area contributed by atoms with E-state index in [1.165, 1.54) is 31.6 Å². The molecule has 2 heterocycles. The number of aromatic nitrogens is 1. The van der Waals surface area contributed by atoms with Crippen LogP contribution in [0.3, 0.4) is 0 Å². The number of guanidine groups is 1. The second-order valence-electron chi connectivity index (χ2n) is 7.49. The second kappa shape index (κ2) is 12.1. The summed E-state index contributed by atoms with van der Waals surface area (Å²) in [6.45, 7) is 16.0. The molecular weight excluding hydrogens is 457 g/mol. The first-order valence-corrected chi connectivity index (χ1v) is 10.6. The largest absolute Gasteiger partial charge is 0.357 e. The first-order chi connectivity index (χ1) is 12.0. The molecule has 26 heavy (non-hydrogen) atoms. The molecule has 5 nitrogen and oxygen atoms in total. The molecule has 2 atom stereocenters. The Morgan fingerprint density at radius 1 is 1.38 bits per heavy atom. The highest BCUT2D eigenvalue weighted by molar-refractivity contribution is 14.0. The minimum Gasteiger partial charge on any atom is -0.357 e. The molecule has 0 aliphatic carbocycles. The zero-order valence-electron chi connectivity index (χ0n) is 16.9. The van der Waals surface area contributed by atoms with Crippen LogP contribution in [0.15, 0.2) is 10.4 Å². The Morgan fingerprint density at radius 3 is 2.77 bits per heavy atom. The number of rotatable bonds is 7. The van der Waals surface area contributed by atoms with Gasteiger partial charge in [0.15, 0.2) is 5.96 Å². The van der Waals surface area contributed by atoms with Crippen LogP contribution < -0.4 is 10.6 Å². The summed E-state index contributed by atoms with van der Waals surface area (Å²) in [7, 11) is 0. The lowest BCUT2D eigenvalue weighted by Crippen LogP contribution is -2.48. The smallest absolute Gasteiger partial charge is 0.191 e. The van der Waals surface area contributed by atoms with Crippen LogP contribution in [0.1, 0.15) is 64.1 Å². The molecule has 1 aromatic rings. The highest BCUT2D eigenvalue weighted by Gasteiger charge is 2.20. The number of nitrogens with zero attached hydrogens (tertiary/aromatic N) is 3. The van der Waals surface area contributed by atoms with Gasteiger partial charge in [-0.3, -0.25) is 4.90 Å². The van der Waals surface area contributed by atoms with Gasteiger partial charge in [-0.2, -0.15) is 0 Å². The van der Waals surface area contributed by atoms with E-state index in [1.54, 1.807) is 11.3 Å². The molecule has 2 unspecified atom stereocenters. The lowest BCUT2D eigenvalue weighted by molar-refractivity contribution is 0.139. The van der Waals surface area contributed by atoms with Gasteiger partial charge in [-0.05, 0) is 45.1 Å². The van der Waals surface area contributed by atoms with Crippen LogP contribution >= 0.6 is 35.3 Å². The zero-order valence-corrected chi connectivity index (χ0v) is 20.1. The van der Waals surface area contributed by atoms with E-state index in [0.717, 1.165) is 30.0 Å². The normalized spacial score (nSPS) is 19.9. The molecule has 0 saturated carbocycles. The lowest BCUT2D eigenvalue weighted by atomic mass is 9.99. The van der Waals surface area contributed by atoms with Crippen molar-refractivity contribution in [2.24, 2.45) is 10.9 Å². The topological polar surface area (TPSA) is 52.6 Å². The van der Waals surface area contributed by atoms with Crippen LogP contribution in [-0.4, -0.2) is 48.1 Å². The van der Waals surface area contributed by atoms with E-state index >= 15 is 0 Å². The van der Waals surface area contributed by atoms with E-state index in [0.29, 0.717) is 18.5 Å².